The number of hydrogen-bond acceptors (Lipinski definition) is 3. The summed E-state index contributed by atoms with van der Waals surface area (Å²) in [7, 11) is 0. The summed E-state index contributed by atoms with van der Waals surface area (Å²) < 4.78 is 5.36. The van der Waals surface area contributed by atoms with Gasteiger partial charge in [-0.15, -0.1) is 12.4 Å². The lowest BCUT2D eigenvalue weighted by Gasteiger charge is -2.23. The standard InChI is InChI=1S/C16H22N2O2.ClH/c19-16(9-14-11-20-8-7-17-14)18-10-13-6-5-12-3-1-2-4-15(12)13;/h1-4,13-14,17H,5-11H2,(H,18,19);1H. The van der Waals surface area contributed by atoms with Crippen LogP contribution in [0.2, 0.25) is 0 Å². The lowest BCUT2D eigenvalue weighted by atomic mass is 10.0. The summed E-state index contributed by atoms with van der Waals surface area (Å²) in [6, 6.07) is 8.73. The first kappa shape index (κ1) is 16.3. The molecule has 3 rings (SSSR count). The minimum absolute atomic E-state index is 0. The zero-order valence-corrected chi connectivity index (χ0v) is 13.0. The molecule has 0 bridgehead atoms. The number of aryl methyl sites for hydroxylation is 1. The number of rotatable bonds is 4. The van der Waals surface area contributed by atoms with E-state index in [2.05, 4.69) is 34.9 Å². The van der Waals surface area contributed by atoms with Crippen LogP contribution in [0.1, 0.15) is 29.9 Å². The number of morpholine rings is 1. The second-order valence-electron chi connectivity index (χ2n) is 5.67. The summed E-state index contributed by atoms with van der Waals surface area (Å²) in [5, 5.41) is 6.39. The van der Waals surface area contributed by atoms with E-state index >= 15 is 0 Å². The van der Waals surface area contributed by atoms with Gasteiger partial charge in [-0.3, -0.25) is 4.79 Å². The molecule has 1 aromatic carbocycles. The van der Waals surface area contributed by atoms with E-state index in [1.807, 2.05) is 0 Å². The molecule has 2 unspecified atom stereocenters. The molecule has 0 saturated carbocycles. The average Bonchev–Trinajstić information content (AvgIpc) is 2.89. The maximum atomic E-state index is 12.0. The molecule has 21 heavy (non-hydrogen) atoms. The summed E-state index contributed by atoms with van der Waals surface area (Å²) in [6.07, 6.45) is 2.79. The summed E-state index contributed by atoms with van der Waals surface area (Å²) in [5.74, 6) is 0.600. The Bertz CT molecular complexity index is 475. The molecule has 1 fully saturated rings. The Morgan fingerprint density at radius 2 is 2.24 bits per heavy atom. The van der Waals surface area contributed by atoms with Crippen LogP contribution in [0, 0.1) is 0 Å². The topological polar surface area (TPSA) is 50.4 Å². The Morgan fingerprint density at radius 3 is 3.05 bits per heavy atom. The minimum atomic E-state index is 0. The smallest absolute Gasteiger partial charge is 0.221 e. The Hall–Kier alpha value is -1.10. The van der Waals surface area contributed by atoms with E-state index in [1.54, 1.807) is 0 Å². The predicted molar refractivity (Wildman–Crippen MR) is 85.0 cm³/mol. The first-order valence-corrected chi connectivity index (χ1v) is 7.48. The molecule has 1 aliphatic heterocycles. The van der Waals surface area contributed by atoms with Gasteiger partial charge in [0, 0.05) is 31.5 Å². The molecule has 2 atom stereocenters. The molecule has 0 radical (unpaired) electrons. The van der Waals surface area contributed by atoms with Crippen LogP contribution in [0.4, 0.5) is 0 Å². The second-order valence-corrected chi connectivity index (χ2v) is 5.67. The van der Waals surface area contributed by atoms with Crippen molar-refractivity contribution < 1.29 is 9.53 Å². The molecule has 1 heterocycles. The van der Waals surface area contributed by atoms with E-state index in [4.69, 9.17) is 4.74 Å². The number of ether oxygens (including phenoxy) is 1. The number of hydrogen-bond donors (Lipinski definition) is 2. The third-order valence-electron chi connectivity index (χ3n) is 4.23. The second kappa shape index (κ2) is 7.78. The molecule has 0 aromatic heterocycles. The summed E-state index contributed by atoms with van der Waals surface area (Å²) >= 11 is 0. The van der Waals surface area contributed by atoms with Gasteiger partial charge in [0.15, 0.2) is 0 Å². The lowest BCUT2D eigenvalue weighted by Crippen LogP contribution is -2.44. The number of carbonyl (C=O) groups is 1. The highest BCUT2D eigenvalue weighted by molar-refractivity contribution is 5.85. The third kappa shape index (κ3) is 4.19. The van der Waals surface area contributed by atoms with E-state index in [0.29, 0.717) is 18.9 Å². The van der Waals surface area contributed by atoms with Gasteiger partial charge < -0.3 is 15.4 Å². The normalized spacial score (nSPS) is 24.0. The Labute approximate surface area is 132 Å². The van der Waals surface area contributed by atoms with Crippen LogP contribution in [0.3, 0.4) is 0 Å². The Kier molecular flexibility index (Phi) is 6.03. The van der Waals surface area contributed by atoms with Gasteiger partial charge in [0.1, 0.15) is 0 Å². The maximum Gasteiger partial charge on any atom is 0.221 e. The van der Waals surface area contributed by atoms with Crippen LogP contribution in [-0.4, -0.2) is 38.3 Å². The van der Waals surface area contributed by atoms with Crippen molar-refractivity contribution in [3.05, 3.63) is 35.4 Å². The molecule has 2 aliphatic rings. The zero-order valence-electron chi connectivity index (χ0n) is 12.1. The number of benzene rings is 1. The van der Waals surface area contributed by atoms with Crippen molar-refractivity contribution >= 4 is 18.3 Å². The Morgan fingerprint density at radius 1 is 1.38 bits per heavy atom. The predicted octanol–water partition coefficient (Wildman–Crippen LogP) is 1.63. The number of halogens is 1. The maximum absolute atomic E-state index is 12.0. The van der Waals surface area contributed by atoms with Gasteiger partial charge in [0.25, 0.3) is 0 Å². The summed E-state index contributed by atoms with van der Waals surface area (Å²) in [6.45, 7) is 2.98. The summed E-state index contributed by atoms with van der Waals surface area (Å²) in [5.41, 5.74) is 2.85. The zero-order chi connectivity index (χ0) is 13.8. The van der Waals surface area contributed by atoms with Crippen molar-refractivity contribution in [2.45, 2.75) is 31.2 Å². The molecule has 116 valence electrons. The van der Waals surface area contributed by atoms with Crippen molar-refractivity contribution in [2.24, 2.45) is 0 Å². The van der Waals surface area contributed by atoms with Gasteiger partial charge in [0.05, 0.1) is 13.2 Å². The highest BCUT2D eigenvalue weighted by atomic mass is 35.5. The van der Waals surface area contributed by atoms with Crippen molar-refractivity contribution in [3.63, 3.8) is 0 Å². The van der Waals surface area contributed by atoms with E-state index in [0.717, 1.165) is 32.5 Å². The highest BCUT2D eigenvalue weighted by Gasteiger charge is 2.23. The van der Waals surface area contributed by atoms with Gasteiger partial charge >= 0.3 is 0 Å². The van der Waals surface area contributed by atoms with Crippen LogP contribution in [0.5, 0.6) is 0 Å². The van der Waals surface area contributed by atoms with Crippen LogP contribution >= 0.6 is 12.4 Å². The van der Waals surface area contributed by atoms with E-state index in [9.17, 15) is 4.79 Å². The number of nitrogens with one attached hydrogen (secondary N) is 2. The van der Waals surface area contributed by atoms with Crippen molar-refractivity contribution in [2.75, 3.05) is 26.3 Å². The first-order valence-electron chi connectivity index (χ1n) is 7.48. The number of carbonyl (C=O) groups excluding carboxylic acids is 1. The quantitative estimate of drug-likeness (QED) is 0.889. The van der Waals surface area contributed by atoms with Crippen molar-refractivity contribution in [1.29, 1.82) is 0 Å². The Balaban J connectivity index is 0.00000161. The van der Waals surface area contributed by atoms with Crippen LogP contribution < -0.4 is 10.6 Å². The lowest BCUT2D eigenvalue weighted by molar-refractivity contribution is -0.122. The SMILES string of the molecule is Cl.O=C(CC1COCCN1)NCC1CCc2ccccc21. The molecular weight excluding hydrogens is 288 g/mol. The fourth-order valence-corrected chi connectivity index (χ4v) is 3.14. The average molecular weight is 311 g/mol. The van der Waals surface area contributed by atoms with Crippen LogP contribution in [-0.2, 0) is 16.0 Å². The van der Waals surface area contributed by atoms with Gasteiger partial charge in [0.2, 0.25) is 5.91 Å². The van der Waals surface area contributed by atoms with Crippen molar-refractivity contribution in [3.8, 4) is 0 Å². The van der Waals surface area contributed by atoms with E-state index in [1.165, 1.54) is 11.1 Å². The molecular formula is C16H23ClN2O2. The van der Waals surface area contributed by atoms with Crippen molar-refractivity contribution in [1.82, 2.24) is 10.6 Å². The molecule has 1 aromatic rings. The van der Waals surface area contributed by atoms with Gasteiger partial charge in [-0.25, -0.2) is 0 Å². The minimum Gasteiger partial charge on any atom is -0.378 e. The molecule has 4 nitrogen and oxygen atoms in total. The molecule has 5 heteroatoms. The molecule has 0 spiro atoms. The largest absolute Gasteiger partial charge is 0.378 e. The molecule has 1 amide bonds. The molecule has 2 N–H and O–H groups in total. The highest BCUT2D eigenvalue weighted by Crippen LogP contribution is 2.32. The van der Waals surface area contributed by atoms with Gasteiger partial charge in [-0.1, -0.05) is 24.3 Å². The fraction of sp³-hybridized carbons (Fsp3) is 0.562. The van der Waals surface area contributed by atoms with Crippen LogP contribution in [0.15, 0.2) is 24.3 Å². The first-order chi connectivity index (χ1) is 9.83. The molecule has 1 saturated heterocycles. The summed E-state index contributed by atoms with van der Waals surface area (Å²) in [4.78, 5) is 12.0. The monoisotopic (exact) mass is 310 g/mol. The van der Waals surface area contributed by atoms with Gasteiger partial charge in [-0.05, 0) is 24.0 Å². The number of amides is 1. The van der Waals surface area contributed by atoms with Crippen LogP contribution in [0.25, 0.3) is 0 Å². The van der Waals surface area contributed by atoms with E-state index in [-0.39, 0.29) is 24.4 Å². The third-order valence-corrected chi connectivity index (χ3v) is 4.23. The van der Waals surface area contributed by atoms with Gasteiger partial charge in [-0.2, -0.15) is 0 Å². The molecule has 1 aliphatic carbocycles. The fourth-order valence-electron chi connectivity index (χ4n) is 3.14. The number of fused-ring (bicyclic) bond motifs is 1. The van der Waals surface area contributed by atoms with E-state index < -0.39 is 0 Å².